The fourth-order valence-corrected chi connectivity index (χ4v) is 3.13. The summed E-state index contributed by atoms with van der Waals surface area (Å²) in [6, 6.07) is 8.31. The smallest absolute Gasteiger partial charge is 0.261 e. The first kappa shape index (κ1) is 17.0. The number of pyridine rings is 1. The Balaban J connectivity index is 1.96. The molecule has 6 nitrogen and oxygen atoms in total. The number of ether oxygens (including phenoxy) is 1. The summed E-state index contributed by atoms with van der Waals surface area (Å²) in [5, 5.41) is 2.66. The van der Waals surface area contributed by atoms with Crippen LogP contribution in [-0.4, -0.2) is 23.8 Å². The van der Waals surface area contributed by atoms with Gasteiger partial charge in [0.05, 0.1) is 12.8 Å². The molecule has 1 aliphatic rings. The van der Waals surface area contributed by atoms with Crippen LogP contribution >= 0.6 is 0 Å². The van der Waals surface area contributed by atoms with Gasteiger partial charge < -0.3 is 15.0 Å². The monoisotopic (exact) mass is 340 g/mol. The first-order valence-corrected chi connectivity index (χ1v) is 8.04. The van der Waals surface area contributed by atoms with E-state index in [1.165, 1.54) is 13.2 Å². The van der Waals surface area contributed by atoms with Crippen molar-refractivity contribution in [3.63, 3.8) is 0 Å². The molecule has 1 amide bonds. The summed E-state index contributed by atoms with van der Waals surface area (Å²) in [5.41, 5.74) is 0.687. The van der Waals surface area contributed by atoms with Crippen molar-refractivity contribution < 1.29 is 14.3 Å². The van der Waals surface area contributed by atoms with E-state index in [9.17, 15) is 14.4 Å². The van der Waals surface area contributed by atoms with Crippen LogP contribution in [0, 0.1) is 5.41 Å². The highest BCUT2D eigenvalue weighted by molar-refractivity contribution is 6.07. The van der Waals surface area contributed by atoms with Crippen LogP contribution in [0.3, 0.4) is 0 Å². The highest BCUT2D eigenvalue weighted by atomic mass is 16.5. The van der Waals surface area contributed by atoms with Crippen LogP contribution in [-0.2, 0) is 6.42 Å². The molecule has 25 heavy (non-hydrogen) atoms. The van der Waals surface area contributed by atoms with Crippen LogP contribution in [0.1, 0.15) is 46.7 Å². The Hall–Kier alpha value is -2.89. The quantitative estimate of drug-likeness (QED) is 0.899. The van der Waals surface area contributed by atoms with Crippen molar-refractivity contribution in [2.24, 2.45) is 5.41 Å². The maximum atomic E-state index is 12.5. The van der Waals surface area contributed by atoms with E-state index in [4.69, 9.17) is 4.74 Å². The Kier molecular flexibility index (Phi) is 4.20. The molecule has 1 heterocycles. The number of fused-ring (bicyclic) bond motifs is 1. The Morgan fingerprint density at radius 1 is 1.20 bits per heavy atom. The first-order chi connectivity index (χ1) is 11.8. The van der Waals surface area contributed by atoms with Crippen molar-refractivity contribution in [1.82, 2.24) is 4.98 Å². The van der Waals surface area contributed by atoms with Crippen LogP contribution in [0.25, 0.3) is 0 Å². The average molecular weight is 340 g/mol. The normalized spacial score (nSPS) is 15.4. The molecular weight excluding hydrogens is 320 g/mol. The minimum absolute atomic E-state index is 0.0613. The number of aromatic amines is 1. The van der Waals surface area contributed by atoms with Gasteiger partial charge in [-0.3, -0.25) is 14.4 Å². The standard InChI is InChI=1S/C19H20N2O4/c1-19(2)9-14-11(15(22)10-19)8-12(18(24)21-14)17(23)20-13-6-4-5-7-16(13)25-3/h4-8H,9-10H2,1-3H3,(H,20,23)(H,21,24). The van der Waals surface area contributed by atoms with E-state index in [0.29, 0.717) is 35.5 Å². The third kappa shape index (κ3) is 3.33. The number of anilines is 1. The van der Waals surface area contributed by atoms with Crippen LogP contribution in [0.2, 0.25) is 0 Å². The second-order valence-corrected chi connectivity index (χ2v) is 7.00. The van der Waals surface area contributed by atoms with Gasteiger partial charge in [-0.05, 0) is 30.0 Å². The van der Waals surface area contributed by atoms with E-state index < -0.39 is 11.5 Å². The van der Waals surface area contributed by atoms with Crippen LogP contribution in [0.5, 0.6) is 5.75 Å². The zero-order chi connectivity index (χ0) is 18.2. The lowest BCUT2D eigenvalue weighted by molar-refractivity contribution is 0.0910. The van der Waals surface area contributed by atoms with Gasteiger partial charge in [-0.1, -0.05) is 26.0 Å². The molecule has 130 valence electrons. The molecule has 1 aromatic heterocycles. The highest BCUT2D eigenvalue weighted by Gasteiger charge is 2.32. The summed E-state index contributed by atoms with van der Waals surface area (Å²) in [5.74, 6) is -0.150. The lowest BCUT2D eigenvalue weighted by atomic mass is 9.75. The Bertz CT molecular complexity index is 912. The van der Waals surface area contributed by atoms with Crippen LogP contribution in [0.4, 0.5) is 5.69 Å². The average Bonchev–Trinajstić information content (AvgIpc) is 2.53. The number of hydrogen-bond acceptors (Lipinski definition) is 4. The molecule has 1 aromatic carbocycles. The lowest BCUT2D eigenvalue weighted by Gasteiger charge is -2.29. The summed E-state index contributed by atoms with van der Waals surface area (Å²) < 4.78 is 5.19. The molecule has 6 heteroatoms. The number of Topliss-reactive ketones (excluding diaryl/α,β-unsaturated/α-hetero) is 1. The number of hydrogen-bond donors (Lipinski definition) is 2. The molecule has 0 unspecified atom stereocenters. The van der Waals surface area contributed by atoms with Crippen molar-refractivity contribution >= 4 is 17.4 Å². The number of H-pyrrole nitrogens is 1. The maximum absolute atomic E-state index is 12.5. The Morgan fingerprint density at radius 3 is 2.64 bits per heavy atom. The number of amides is 1. The summed E-state index contributed by atoms with van der Waals surface area (Å²) >= 11 is 0. The fourth-order valence-electron chi connectivity index (χ4n) is 3.13. The predicted octanol–water partition coefficient (Wildman–Crippen LogP) is 2.79. The number of aromatic nitrogens is 1. The molecule has 0 saturated carbocycles. The van der Waals surface area contributed by atoms with Crippen molar-refractivity contribution in [3.05, 3.63) is 57.5 Å². The molecule has 0 bridgehead atoms. The van der Waals surface area contributed by atoms with Gasteiger partial charge in [0.2, 0.25) is 0 Å². The highest BCUT2D eigenvalue weighted by Crippen LogP contribution is 2.33. The lowest BCUT2D eigenvalue weighted by Crippen LogP contribution is -2.32. The van der Waals surface area contributed by atoms with Crippen molar-refractivity contribution in [2.45, 2.75) is 26.7 Å². The SMILES string of the molecule is COc1ccccc1NC(=O)c1cc2c([nH]c1=O)CC(C)(C)CC2=O. The van der Waals surface area contributed by atoms with Gasteiger partial charge >= 0.3 is 0 Å². The molecular formula is C19H20N2O4. The molecule has 3 rings (SSSR count). The van der Waals surface area contributed by atoms with Crippen LogP contribution in [0.15, 0.2) is 35.1 Å². The second kappa shape index (κ2) is 6.20. The summed E-state index contributed by atoms with van der Waals surface area (Å²) in [6.07, 6.45) is 0.983. The van der Waals surface area contributed by atoms with Gasteiger partial charge in [-0.2, -0.15) is 0 Å². The van der Waals surface area contributed by atoms with E-state index in [2.05, 4.69) is 10.3 Å². The Morgan fingerprint density at radius 2 is 1.92 bits per heavy atom. The number of benzene rings is 1. The van der Waals surface area contributed by atoms with E-state index in [1.807, 2.05) is 13.8 Å². The van der Waals surface area contributed by atoms with E-state index >= 15 is 0 Å². The topological polar surface area (TPSA) is 88.3 Å². The third-order valence-corrected chi connectivity index (χ3v) is 4.32. The zero-order valence-corrected chi connectivity index (χ0v) is 14.4. The number of carbonyl (C=O) groups is 2. The maximum Gasteiger partial charge on any atom is 0.261 e. The van der Waals surface area contributed by atoms with Crippen molar-refractivity contribution in [1.29, 1.82) is 0 Å². The fraction of sp³-hybridized carbons (Fsp3) is 0.316. The molecule has 0 atom stereocenters. The van der Waals surface area contributed by atoms with Gasteiger partial charge in [-0.25, -0.2) is 0 Å². The van der Waals surface area contributed by atoms with Gasteiger partial charge in [0.15, 0.2) is 5.78 Å². The van der Waals surface area contributed by atoms with E-state index in [1.54, 1.807) is 24.3 Å². The summed E-state index contributed by atoms with van der Waals surface area (Å²) in [4.78, 5) is 39.9. The minimum atomic E-state index is -0.578. The number of nitrogens with one attached hydrogen (secondary N) is 2. The molecule has 0 saturated heterocycles. The minimum Gasteiger partial charge on any atom is -0.495 e. The van der Waals surface area contributed by atoms with Crippen molar-refractivity contribution in [2.75, 3.05) is 12.4 Å². The molecule has 2 N–H and O–H groups in total. The van der Waals surface area contributed by atoms with Gasteiger partial charge in [-0.15, -0.1) is 0 Å². The molecule has 1 aliphatic carbocycles. The second-order valence-electron chi connectivity index (χ2n) is 7.00. The molecule has 0 aliphatic heterocycles. The predicted molar refractivity (Wildman–Crippen MR) is 94.4 cm³/mol. The van der Waals surface area contributed by atoms with Crippen LogP contribution < -0.4 is 15.6 Å². The van der Waals surface area contributed by atoms with Gasteiger partial charge in [0, 0.05) is 17.7 Å². The summed E-state index contributed by atoms with van der Waals surface area (Å²) in [7, 11) is 1.50. The molecule has 2 aromatic rings. The number of methoxy groups -OCH3 is 1. The number of rotatable bonds is 3. The van der Waals surface area contributed by atoms with Gasteiger partial charge in [0.25, 0.3) is 11.5 Å². The first-order valence-electron chi connectivity index (χ1n) is 8.04. The van der Waals surface area contributed by atoms with E-state index in [0.717, 1.165) is 0 Å². The molecule has 0 spiro atoms. The largest absolute Gasteiger partial charge is 0.495 e. The van der Waals surface area contributed by atoms with Crippen molar-refractivity contribution in [3.8, 4) is 5.75 Å². The third-order valence-electron chi connectivity index (χ3n) is 4.32. The Labute approximate surface area is 145 Å². The number of ketones is 1. The molecule has 0 fully saturated rings. The molecule has 0 radical (unpaired) electrons. The van der Waals surface area contributed by atoms with E-state index in [-0.39, 0.29) is 16.8 Å². The number of para-hydroxylation sites is 2. The summed E-state index contributed by atoms with van der Waals surface area (Å²) in [6.45, 7) is 3.96. The number of carbonyl (C=O) groups excluding carboxylic acids is 2. The van der Waals surface area contributed by atoms with Gasteiger partial charge in [0.1, 0.15) is 11.3 Å². The zero-order valence-electron chi connectivity index (χ0n) is 14.4.